The molecular weight excluding hydrogens is 230 g/mol. The second kappa shape index (κ2) is 5.63. The van der Waals surface area contributed by atoms with E-state index in [9.17, 15) is 13.2 Å². The molecule has 5 nitrogen and oxygen atoms in total. The first-order chi connectivity index (χ1) is 7.41. The molecule has 0 aliphatic heterocycles. The van der Waals surface area contributed by atoms with E-state index in [-0.39, 0.29) is 5.75 Å². The molecule has 0 aromatic rings. The van der Waals surface area contributed by atoms with Crippen molar-refractivity contribution in [3.63, 3.8) is 0 Å². The minimum Gasteiger partial charge on any atom is -0.480 e. The summed E-state index contributed by atoms with van der Waals surface area (Å²) in [6, 6.07) is -1.05. The highest BCUT2D eigenvalue weighted by Gasteiger charge is 2.22. The lowest BCUT2D eigenvalue weighted by molar-refractivity contribution is -0.138. The summed E-state index contributed by atoms with van der Waals surface area (Å²) in [6.07, 6.45) is 5.21. The third-order valence-electron chi connectivity index (χ3n) is 3.00. The van der Waals surface area contributed by atoms with Crippen LogP contribution in [0.5, 0.6) is 0 Å². The molecule has 0 saturated heterocycles. The summed E-state index contributed by atoms with van der Waals surface area (Å²) in [4.78, 5) is 10.5. The Bertz CT molecular complexity index is 333. The Hall–Kier alpha value is -0.620. The highest BCUT2D eigenvalue weighted by atomic mass is 32.2. The van der Waals surface area contributed by atoms with Gasteiger partial charge in [-0.1, -0.05) is 25.7 Å². The van der Waals surface area contributed by atoms with Gasteiger partial charge in [0.1, 0.15) is 6.04 Å². The number of hydrogen-bond donors (Lipinski definition) is 2. The zero-order valence-corrected chi connectivity index (χ0v) is 10.3. The van der Waals surface area contributed by atoms with Crippen molar-refractivity contribution in [1.29, 1.82) is 0 Å². The van der Waals surface area contributed by atoms with Crippen LogP contribution in [-0.2, 0) is 14.8 Å². The Balaban J connectivity index is 2.36. The summed E-state index contributed by atoms with van der Waals surface area (Å²) in [7, 11) is -3.44. The van der Waals surface area contributed by atoms with Crippen molar-refractivity contribution in [2.45, 2.75) is 45.1 Å². The van der Waals surface area contributed by atoms with Crippen LogP contribution >= 0.6 is 0 Å². The maximum atomic E-state index is 11.5. The molecule has 0 amide bonds. The molecule has 1 saturated carbocycles. The number of sulfonamides is 1. The van der Waals surface area contributed by atoms with Gasteiger partial charge >= 0.3 is 5.97 Å². The number of carboxylic acid groups (broad SMARTS) is 1. The lowest BCUT2D eigenvalue weighted by Crippen LogP contribution is -2.39. The van der Waals surface area contributed by atoms with E-state index in [1.807, 2.05) is 0 Å². The fourth-order valence-corrected chi connectivity index (χ4v) is 3.40. The van der Waals surface area contributed by atoms with Gasteiger partial charge in [-0.2, -0.15) is 0 Å². The van der Waals surface area contributed by atoms with E-state index in [0.717, 1.165) is 12.8 Å². The van der Waals surface area contributed by atoms with Crippen LogP contribution < -0.4 is 4.72 Å². The quantitative estimate of drug-likeness (QED) is 0.734. The van der Waals surface area contributed by atoms with E-state index in [1.54, 1.807) is 0 Å². The minimum absolute atomic E-state index is 0.0370. The fourth-order valence-electron chi connectivity index (χ4n) is 2.00. The lowest BCUT2D eigenvalue weighted by atomic mass is 10.1. The van der Waals surface area contributed by atoms with Gasteiger partial charge in [0.25, 0.3) is 0 Å². The second-order valence-corrected chi connectivity index (χ2v) is 6.31. The minimum atomic E-state index is -3.44. The van der Waals surface area contributed by atoms with Gasteiger partial charge in [0.05, 0.1) is 5.75 Å². The average molecular weight is 249 g/mol. The Morgan fingerprint density at radius 2 is 2.00 bits per heavy atom. The number of rotatable bonds is 6. The standard InChI is InChI=1S/C10H19NO4S/c1-8(10(12)13)11-16(14,15)7-6-9-4-2-3-5-9/h8-9,11H,2-7H2,1H3,(H,12,13). The van der Waals surface area contributed by atoms with Gasteiger partial charge in [0, 0.05) is 0 Å². The number of aliphatic carboxylic acids is 1. The first-order valence-corrected chi connectivity index (χ1v) is 7.29. The molecule has 1 aliphatic carbocycles. The largest absolute Gasteiger partial charge is 0.480 e. The smallest absolute Gasteiger partial charge is 0.321 e. The topological polar surface area (TPSA) is 83.5 Å². The Kier molecular flexibility index (Phi) is 4.73. The SMILES string of the molecule is CC(NS(=O)(=O)CCC1CCCC1)C(=O)O. The van der Waals surface area contributed by atoms with Crippen LogP contribution in [0.25, 0.3) is 0 Å². The van der Waals surface area contributed by atoms with Crippen molar-refractivity contribution in [2.24, 2.45) is 5.92 Å². The van der Waals surface area contributed by atoms with E-state index in [2.05, 4.69) is 4.72 Å². The van der Waals surface area contributed by atoms with Gasteiger partial charge in [-0.05, 0) is 19.3 Å². The van der Waals surface area contributed by atoms with Gasteiger partial charge in [0.15, 0.2) is 0 Å². The zero-order valence-electron chi connectivity index (χ0n) is 9.48. The molecule has 1 unspecified atom stereocenters. The van der Waals surface area contributed by atoms with Crippen molar-refractivity contribution in [3.8, 4) is 0 Å². The summed E-state index contributed by atoms with van der Waals surface area (Å²) in [5, 5.41) is 8.60. The maximum Gasteiger partial charge on any atom is 0.321 e. The van der Waals surface area contributed by atoms with Crippen LogP contribution in [0.15, 0.2) is 0 Å². The molecule has 0 radical (unpaired) electrons. The van der Waals surface area contributed by atoms with Crippen molar-refractivity contribution in [3.05, 3.63) is 0 Å². The van der Waals surface area contributed by atoms with E-state index >= 15 is 0 Å². The number of carboxylic acids is 1. The summed E-state index contributed by atoms with van der Waals surface area (Å²) >= 11 is 0. The van der Waals surface area contributed by atoms with Crippen molar-refractivity contribution < 1.29 is 18.3 Å². The first kappa shape index (κ1) is 13.4. The van der Waals surface area contributed by atoms with Crippen molar-refractivity contribution in [2.75, 3.05) is 5.75 Å². The predicted molar refractivity (Wildman–Crippen MR) is 60.6 cm³/mol. The Labute approximate surface area is 96.3 Å². The molecule has 0 aromatic carbocycles. The summed E-state index contributed by atoms with van der Waals surface area (Å²) in [5.74, 6) is -0.615. The van der Waals surface area contributed by atoms with E-state index in [1.165, 1.54) is 19.8 Å². The molecule has 6 heteroatoms. The summed E-state index contributed by atoms with van der Waals surface area (Å²) < 4.78 is 25.2. The van der Waals surface area contributed by atoms with E-state index < -0.39 is 22.0 Å². The Morgan fingerprint density at radius 3 is 2.50 bits per heavy atom. The molecule has 1 rings (SSSR count). The Morgan fingerprint density at radius 1 is 1.44 bits per heavy atom. The van der Waals surface area contributed by atoms with E-state index in [0.29, 0.717) is 12.3 Å². The van der Waals surface area contributed by atoms with Crippen LogP contribution in [-0.4, -0.2) is 31.3 Å². The van der Waals surface area contributed by atoms with Gasteiger partial charge < -0.3 is 5.11 Å². The molecule has 2 N–H and O–H groups in total. The number of hydrogen-bond acceptors (Lipinski definition) is 3. The molecule has 0 spiro atoms. The molecule has 1 aliphatic rings. The molecule has 16 heavy (non-hydrogen) atoms. The fraction of sp³-hybridized carbons (Fsp3) is 0.900. The highest BCUT2D eigenvalue weighted by molar-refractivity contribution is 7.89. The number of carbonyl (C=O) groups is 1. The third-order valence-corrected chi connectivity index (χ3v) is 4.48. The lowest BCUT2D eigenvalue weighted by Gasteiger charge is -2.12. The normalized spacial score (nSPS) is 19.8. The molecular formula is C10H19NO4S. The summed E-state index contributed by atoms with van der Waals surface area (Å²) in [6.45, 7) is 1.33. The van der Waals surface area contributed by atoms with E-state index in [4.69, 9.17) is 5.11 Å². The molecule has 1 fully saturated rings. The van der Waals surface area contributed by atoms with Crippen LogP contribution in [0, 0.1) is 5.92 Å². The highest BCUT2D eigenvalue weighted by Crippen LogP contribution is 2.27. The van der Waals surface area contributed by atoms with Crippen LogP contribution in [0.2, 0.25) is 0 Å². The molecule has 0 bridgehead atoms. The third kappa shape index (κ3) is 4.49. The number of nitrogens with one attached hydrogen (secondary N) is 1. The monoisotopic (exact) mass is 249 g/mol. The summed E-state index contributed by atoms with van der Waals surface area (Å²) in [5.41, 5.74) is 0. The van der Waals surface area contributed by atoms with Gasteiger partial charge in [-0.25, -0.2) is 13.1 Å². The van der Waals surface area contributed by atoms with Crippen LogP contribution in [0.4, 0.5) is 0 Å². The van der Waals surface area contributed by atoms with Crippen LogP contribution in [0.3, 0.4) is 0 Å². The maximum absolute atomic E-state index is 11.5. The van der Waals surface area contributed by atoms with Gasteiger partial charge in [-0.3, -0.25) is 4.79 Å². The molecule has 1 atom stereocenters. The van der Waals surface area contributed by atoms with Crippen molar-refractivity contribution >= 4 is 16.0 Å². The van der Waals surface area contributed by atoms with Crippen molar-refractivity contribution in [1.82, 2.24) is 4.72 Å². The average Bonchev–Trinajstić information content (AvgIpc) is 2.66. The molecule has 94 valence electrons. The van der Waals surface area contributed by atoms with Gasteiger partial charge in [-0.15, -0.1) is 0 Å². The second-order valence-electron chi connectivity index (χ2n) is 4.44. The first-order valence-electron chi connectivity index (χ1n) is 5.63. The van der Waals surface area contributed by atoms with Gasteiger partial charge in [0.2, 0.25) is 10.0 Å². The predicted octanol–water partition coefficient (Wildman–Crippen LogP) is 0.959. The van der Waals surface area contributed by atoms with Crippen LogP contribution in [0.1, 0.15) is 39.0 Å². The molecule has 0 aromatic heterocycles. The molecule has 0 heterocycles. The zero-order chi connectivity index (χ0) is 12.2.